The molecule has 2 aromatic carbocycles. The molecule has 10 heteroatoms. The highest BCUT2D eigenvalue weighted by Gasteiger charge is 2.17. The molecule has 0 unspecified atom stereocenters. The van der Waals surface area contributed by atoms with Gasteiger partial charge in [-0.1, -0.05) is 18.2 Å². The first-order valence-corrected chi connectivity index (χ1v) is 11.2. The van der Waals surface area contributed by atoms with Crippen LogP contribution in [0.1, 0.15) is 10.4 Å². The van der Waals surface area contributed by atoms with E-state index in [2.05, 4.69) is 20.2 Å². The topological polar surface area (TPSA) is 104 Å². The maximum absolute atomic E-state index is 15.1. The lowest BCUT2D eigenvalue weighted by Crippen LogP contribution is -2.11. The molecule has 0 radical (unpaired) electrons. The number of amides is 1. The van der Waals surface area contributed by atoms with Crippen molar-refractivity contribution in [3.8, 4) is 11.1 Å². The highest BCUT2D eigenvalue weighted by molar-refractivity contribution is 7.92. The van der Waals surface area contributed by atoms with Gasteiger partial charge in [0.1, 0.15) is 5.52 Å². The minimum Gasteiger partial charge on any atom is -0.305 e. The Hall–Kier alpha value is -3.24. The van der Waals surface area contributed by atoms with Gasteiger partial charge in [-0.3, -0.25) is 14.6 Å². The summed E-state index contributed by atoms with van der Waals surface area (Å²) in [7, 11) is -3.39. The lowest BCUT2D eigenvalue weighted by Gasteiger charge is -2.07. The number of aromatic amines is 1. The first-order valence-electron chi connectivity index (χ1n) is 8.40. The first kappa shape index (κ1) is 19.1. The molecule has 4 rings (SSSR count). The molecule has 0 aliphatic heterocycles. The van der Waals surface area contributed by atoms with E-state index in [0.717, 1.165) is 6.26 Å². The number of carbonyl (C=O) groups is 1. The van der Waals surface area contributed by atoms with Crippen molar-refractivity contribution < 1.29 is 17.6 Å². The van der Waals surface area contributed by atoms with Crippen LogP contribution in [0.2, 0.25) is 0 Å². The van der Waals surface area contributed by atoms with Gasteiger partial charge in [0.05, 0.1) is 11.8 Å². The molecular formula is C19H15FN4O3S2. The Morgan fingerprint density at radius 1 is 1.14 bits per heavy atom. The largest absolute Gasteiger partial charge is 0.305 e. The summed E-state index contributed by atoms with van der Waals surface area (Å²) in [6, 6.07) is 11.3. The van der Waals surface area contributed by atoms with Crippen LogP contribution in [-0.2, 0) is 10.0 Å². The number of hydrogen-bond donors (Lipinski definition) is 3. The zero-order valence-corrected chi connectivity index (χ0v) is 16.7. The monoisotopic (exact) mass is 430 g/mol. The van der Waals surface area contributed by atoms with Gasteiger partial charge in [-0.2, -0.15) is 16.4 Å². The molecule has 7 nitrogen and oxygen atoms in total. The van der Waals surface area contributed by atoms with Crippen molar-refractivity contribution in [3.05, 3.63) is 64.6 Å². The number of aromatic nitrogens is 2. The molecule has 0 spiro atoms. The normalized spacial score (nSPS) is 11.5. The number of halogens is 1. The number of hydrogen-bond acceptors (Lipinski definition) is 5. The van der Waals surface area contributed by atoms with Crippen LogP contribution in [0.5, 0.6) is 0 Å². The fourth-order valence-electron chi connectivity index (χ4n) is 2.88. The molecule has 1 amide bonds. The van der Waals surface area contributed by atoms with Crippen LogP contribution < -0.4 is 10.0 Å². The van der Waals surface area contributed by atoms with Gasteiger partial charge in [-0.25, -0.2) is 12.8 Å². The summed E-state index contributed by atoms with van der Waals surface area (Å²) < 4.78 is 40.0. The SMILES string of the molecule is CS(=O)(=O)Nc1ccc(-c2ccc3c(NC(=O)c4ccsc4)n[nH]c3c2F)cc1. The van der Waals surface area contributed by atoms with Crippen molar-refractivity contribution in [1.29, 1.82) is 0 Å². The van der Waals surface area contributed by atoms with Crippen LogP contribution >= 0.6 is 11.3 Å². The second-order valence-corrected chi connectivity index (χ2v) is 8.87. The average Bonchev–Trinajstić information content (AvgIpc) is 3.32. The van der Waals surface area contributed by atoms with Crippen molar-refractivity contribution in [3.63, 3.8) is 0 Å². The highest BCUT2D eigenvalue weighted by Crippen LogP contribution is 2.31. The van der Waals surface area contributed by atoms with Crippen LogP contribution in [0.25, 0.3) is 22.0 Å². The fraction of sp³-hybridized carbons (Fsp3) is 0.0526. The quantitative estimate of drug-likeness (QED) is 0.444. The van der Waals surface area contributed by atoms with Gasteiger partial charge < -0.3 is 5.32 Å². The number of sulfonamides is 1. The number of thiophene rings is 1. The summed E-state index contributed by atoms with van der Waals surface area (Å²) in [6.07, 6.45) is 1.06. The van der Waals surface area contributed by atoms with Crippen LogP contribution in [0.4, 0.5) is 15.9 Å². The molecule has 0 saturated carbocycles. The molecule has 0 aliphatic rings. The lowest BCUT2D eigenvalue weighted by molar-refractivity contribution is 0.102. The summed E-state index contributed by atoms with van der Waals surface area (Å²) >= 11 is 1.40. The van der Waals surface area contributed by atoms with Crippen molar-refractivity contribution >= 4 is 49.7 Å². The third-order valence-corrected chi connectivity index (χ3v) is 5.48. The maximum atomic E-state index is 15.1. The van der Waals surface area contributed by atoms with Gasteiger partial charge in [-0.15, -0.1) is 0 Å². The number of benzene rings is 2. The van der Waals surface area contributed by atoms with Crippen LogP contribution in [-0.4, -0.2) is 30.8 Å². The maximum Gasteiger partial charge on any atom is 0.257 e. The number of fused-ring (bicyclic) bond motifs is 1. The van der Waals surface area contributed by atoms with E-state index in [1.54, 1.807) is 53.2 Å². The predicted molar refractivity (Wildman–Crippen MR) is 112 cm³/mol. The van der Waals surface area contributed by atoms with Gasteiger partial charge in [-0.05, 0) is 35.2 Å². The van der Waals surface area contributed by atoms with Gasteiger partial charge in [0, 0.05) is 22.0 Å². The van der Waals surface area contributed by atoms with Crippen LogP contribution in [0.15, 0.2) is 53.2 Å². The Morgan fingerprint density at radius 3 is 2.55 bits per heavy atom. The number of nitrogens with zero attached hydrogens (tertiary/aromatic N) is 1. The summed E-state index contributed by atoms with van der Waals surface area (Å²) in [5, 5.41) is 13.3. The van der Waals surface area contributed by atoms with Gasteiger partial charge in [0.15, 0.2) is 11.6 Å². The molecule has 0 fully saturated rings. The summed E-state index contributed by atoms with van der Waals surface area (Å²) in [5.41, 5.74) is 1.95. The van der Waals surface area contributed by atoms with Gasteiger partial charge in [0.25, 0.3) is 5.91 Å². The molecule has 148 valence electrons. The van der Waals surface area contributed by atoms with Gasteiger partial charge >= 0.3 is 0 Å². The van der Waals surface area contributed by atoms with E-state index < -0.39 is 15.8 Å². The summed E-state index contributed by atoms with van der Waals surface area (Å²) in [4.78, 5) is 12.2. The summed E-state index contributed by atoms with van der Waals surface area (Å²) in [6.45, 7) is 0. The third kappa shape index (κ3) is 3.98. The Balaban J connectivity index is 1.64. The molecule has 29 heavy (non-hydrogen) atoms. The van der Waals surface area contributed by atoms with Crippen molar-refractivity contribution in [2.24, 2.45) is 0 Å². The lowest BCUT2D eigenvalue weighted by atomic mass is 10.0. The smallest absolute Gasteiger partial charge is 0.257 e. The van der Waals surface area contributed by atoms with Crippen LogP contribution in [0, 0.1) is 5.82 Å². The van der Waals surface area contributed by atoms with Crippen LogP contribution in [0.3, 0.4) is 0 Å². The Morgan fingerprint density at radius 2 is 1.90 bits per heavy atom. The first-order chi connectivity index (χ1) is 13.8. The Bertz CT molecular complexity index is 1300. The number of carbonyl (C=O) groups excluding carboxylic acids is 1. The average molecular weight is 430 g/mol. The van der Waals surface area contributed by atoms with E-state index in [-0.39, 0.29) is 17.2 Å². The number of anilines is 2. The fourth-order valence-corrected chi connectivity index (χ4v) is 4.08. The minimum absolute atomic E-state index is 0.168. The van der Waals surface area contributed by atoms with E-state index in [4.69, 9.17) is 0 Å². The van der Waals surface area contributed by atoms with Crippen molar-refractivity contribution in [2.75, 3.05) is 16.3 Å². The summed E-state index contributed by atoms with van der Waals surface area (Å²) in [5.74, 6) is -0.595. The molecule has 3 N–H and O–H groups in total. The van der Waals surface area contributed by atoms with E-state index in [1.165, 1.54) is 11.3 Å². The van der Waals surface area contributed by atoms with Gasteiger partial charge in [0.2, 0.25) is 10.0 Å². The molecule has 0 bridgehead atoms. The predicted octanol–water partition coefficient (Wildman–Crippen LogP) is 4.05. The number of H-pyrrole nitrogens is 1. The highest BCUT2D eigenvalue weighted by atomic mass is 32.2. The zero-order valence-electron chi connectivity index (χ0n) is 15.1. The molecule has 2 aromatic heterocycles. The Kier molecular flexibility index (Phi) is 4.81. The molecule has 4 aromatic rings. The van der Waals surface area contributed by atoms with E-state index >= 15 is 4.39 Å². The molecule has 0 saturated heterocycles. The minimum atomic E-state index is -3.39. The molecule has 2 heterocycles. The number of rotatable bonds is 5. The Labute approximate surface area is 169 Å². The second-order valence-electron chi connectivity index (χ2n) is 6.34. The molecule has 0 aliphatic carbocycles. The van der Waals surface area contributed by atoms with E-state index in [0.29, 0.717) is 27.8 Å². The van der Waals surface area contributed by atoms with E-state index in [9.17, 15) is 13.2 Å². The zero-order chi connectivity index (χ0) is 20.6. The third-order valence-electron chi connectivity index (χ3n) is 4.19. The standard InChI is InChI=1S/C19H15FN4O3S2/c1-29(26,27)24-13-4-2-11(3-5-13)14-6-7-15-17(16(14)20)22-23-18(15)21-19(25)12-8-9-28-10-12/h2-10,24H,1H3,(H2,21,22,23,25). The van der Waals surface area contributed by atoms with Crippen molar-refractivity contribution in [2.45, 2.75) is 0 Å². The van der Waals surface area contributed by atoms with E-state index in [1.807, 2.05) is 0 Å². The molecular weight excluding hydrogens is 415 g/mol. The molecule has 0 atom stereocenters. The second kappa shape index (κ2) is 7.30. The number of nitrogens with one attached hydrogen (secondary N) is 3. The van der Waals surface area contributed by atoms with Crippen molar-refractivity contribution in [1.82, 2.24) is 10.2 Å².